The van der Waals surface area contributed by atoms with Gasteiger partial charge in [-0.05, 0) is 58.8 Å². The topological polar surface area (TPSA) is 93.4 Å². The number of rotatable bonds is 4. The lowest BCUT2D eigenvalue weighted by Crippen LogP contribution is -2.08. The average molecular weight is 300 g/mol. The summed E-state index contributed by atoms with van der Waals surface area (Å²) in [6.07, 6.45) is 5.07. The van der Waals surface area contributed by atoms with Crippen LogP contribution in [0, 0.1) is 11.3 Å². The minimum absolute atomic E-state index is 0.313. The quantitative estimate of drug-likeness (QED) is 0.872. The number of hydrogen-bond acceptors (Lipinski definition) is 6. The number of benzene rings is 1. The van der Waals surface area contributed by atoms with Crippen LogP contribution in [0.1, 0.15) is 37.3 Å². The molecular weight excluding hydrogens is 284 g/mol. The summed E-state index contributed by atoms with van der Waals surface area (Å²) in [4.78, 5) is 1.00. The van der Waals surface area contributed by atoms with Gasteiger partial charge in [0, 0.05) is 10.6 Å². The van der Waals surface area contributed by atoms with Gasteiger partial charge in [0.15, 0.2) is 0 Å². The molecule has 3 rings (SSSR count). The lowest BCUT2D eigenvalue weighted by Gasteiger charge is -2.11. The van der Waals surface area contributed by atoms with Crippen molar-refractivity contribution in [1.29, 1.82) is 5.26 Å². The normalized spacial score (nSPS) is 15.2. The van der Waals surface area contributed by atoms with Gasteiger partial charge in [0.2, 0.25) is 5.16 Å². The van der Waals surface area contributed by atoms with Crippen LogP contribution in [-0.2, 0) is 6.42 Å². The molecule has 1 aromatic carbocycles. The Balaban J connectivity index is 1.82. The van der Waals surface area contributed by atoms with E-state index in [0.717, 1.165) is 28.5 Å². The summed E-state index contributed by atoms with van der Waals surface area (Å²) < 4.78 is 1.93. The third-order valence-corrected chi connectivity index (χ3v) is 4.67. The molecule has 1 aromatic heterocycles. The molecular formula is C14H16N6S. The highest BCUT2D eigenvalue weighted by Crippen LogP contribution is 2.34. The van der Waals surface area contributed by atoms with Crippen molar-refractivity contribution < 1.29 is 0 Å². The molecule has 1 aliphatic rings. The van der Waals surface area contributed by atoms with E-state index in [4.69, 9.17) is 11.0 Å². The molecule has 0 unspecified atom stereocenters. The Morgan fingerprint density at radius 1 is 1.38 bits per heavy atom. The van der Waals surface area contributed by atoms with E-state index in [9.17, 15) is 0 Å². The highest BCUT2D eigenvalue weighted by atomic mass is 32.2. The zero-order valence-electron chi connectivity index (χ0n) is 11.6. The molecule has 7 heteroatoms. The fourth-order valence-electron chi connectivity index (χ4n) is 2.62. The van der Waals surface area contributed by atoms with Gasteiger partial charge in [-0.1, -0.05) is 12.8 Å². The van der Waals surface area contributed by atoms with Crippen LogP contribution >= 0.6 is 11.8 Å². The largest absolute Gasteiger partial charge is 0.398 e. The average Bonchev–Trinajstić information content (AvgIpc) is 3.13. The minimum Gasteiger partial charge on any atom is -0.398 e. The van der Waals surface area contributed by atoms with Gasteiger partial charge in [-0.2, -0.15) is 5.26 Å². The van der Waals surface area contributed by atoms with E-state index in [1.54, 1.807) is 0 Å². The Morgan fingerprint density at radius 2 is 2.19 bits per heavy atom. The zero-order chi connectivity index (χ0) is 14.7. The molecule has 6 nitrogen and oxygen atoms in total. The van der Waals surface area contributed by atoms with Crippen LogP contribution in [0.25, 0.3) is 0 Å². The van der Waals surface area contributed by atoms with Gasteiger partial charge in [0.1, 0.15) is 0 Å². The second kappa shape index (κ2) is 6.14. The molecule has 0 spiro atoms. The van der Waals surface area contributed by atoms with Gasteiger partial charge in [0.05, 0.1) is 18.5 Å². The van der Waals surface area contributed by atoms with Crippen molar-refractivity contribution in [2.75, 3.05) is 5.73 Å². The lowest BCUT2D eigenvalue weighted by molar-refractivity contribution is 0.423. The molecule has 0 saturated heterocycles. The second-order valence-corrected chi connectivity index (χ2v) is 6.18. The van der Waals surface area contributed by atoms with Crippen molar-refractivity contribution in [3.8, 4) is 6.07 Å². The van der Waals surface area contributed by atoms with Crippen LogP contribution in [0.2, 0.25) is 0 Å². The SMILES string of the molecule is N#CCc1cc(Sc2nnnn2C2CCCC2)ccc1N. The minimum atomic E-state index is 0.313. The van der Waals surface area contributed by atoms with Crippen LogP contribution in [0.4, 0.5) is 5.69 Å². The first-order valence-corrected chi connectivity index (χ1v) is 7.80. The van der Waals surface area contributed by atoms with Crippen molar-refractivity contribution in [2.24, 2.45) is 0 Å². The third kappa shape index (κ3) is 3.00. The summed E-state index contributed by atoms with van der Waals surface area (Å²) in [5.74, 6) is 0. The maximum Gasteiger partial charge on any atom is 0.214 e. The molecule has 2 N–H and O–H groups in total. The molecule has 108 valence electrons. The number of nitrogens with two attached hydrogens (primary N) is 1. The van der Waals surface area contributed by atoms with Crippen LogP contribution in [-0.4, -0.2) is 20.2 Å². The second-order valence-electron chi connectivity index (χ2n) is 5.14. The van der Waals surface area contributed by atoms with Crippen LogP contribution in [0.3, 0.4) is 0 Å². The number of hydrogen-bond donors (Lipinski definition) is 1. The van der Waals surface area contributed by atoms with E-state index in [-0.39, 0.29) is 0 Å². The van der Waals surface area contributed by atoms with E-state index in [0.29, 0.717) is 18.2 Å². The van der Waals surface area contributed by atoms with Gasteiger partial charge < -0.3 is 5.73 Å². The van der Waals surface area contributed by atoms with Crippen LogP contribution < -0.4 is 5.73 Å². The van der Waals surface area contributed by atoms with Crippen molar-refractivity contribution in [3.63, 3.8) is 0 Å². The summed E-state index contributed by atoms with van der Waals surface area (Å²) in [5, 5.41) is 21.7. The summed E-state index contributed by atoms with van der Waals surface area (Å²) >= 11 is 1.52. The maximum absolute atomic E-state index is 8.83. The summed E-state index contributed by atoms with van der Waals surface area (Å²) in [6, 6.07) is 8.26. The number of nitrogen functional groups attached to an aromatic ring is 1. The van der Waals surface area contributed by atoms with Gasteiger partial charge in [0.25, 0.3) is 0 Å². The Hall–Kier alpha value is -2.07. The number of nitrogens with zero attached hydrogens (tertiary/aromatic N) is 5. The van der Waals surface area contributed by atoms with Crippen molar-refractivity contribution in [1.82, 2.24) is 20.2 Å². The molecule has 1 fully saturated rings. The first kappa shape index (κ1) is 13.9. The van der Waals surface area contributed by atoms with Crippen LogP contribution in [0.15, 0.2) is 28.3 Å². The predicted octanol–water partition coefficient (Wildman–Crippen LogP) is 2.59. The number of tetrazole rings is 1. The highest BCUT2D eigenvalue weighted by molar-refractivity contribution is 7.99. The molecule has 1 aliphatic carbocycles. The molecule has 21 heavy (non-hydrogen) atoms. The summed E-state index contributed by atoms with van der Waals surface area (Å²) in [6.45, 7) is 0. The van der Waals surface area contributed by atoms with E-state index >= 15 is 0 Å². The Labute approximate surface area is 127 Å². The number of anilines is 1. The van der Waals surface area contributed by atoms with E-state index in [1.807, 2.05) is 22.9 Å². The molecule has 0 atom stereocenters. The summed E-state index contributed by atoms with van der Waals surface area (Å²) in [7, 11) is 0. The highest BCUT2D eigenvalue weighted by Gasteiger charge is 2.22. The molecule has 2 aromatic rings. The predicted molar refractivity (Wildman–Crippen MR) is 79.6 cm³/mol. The van der Waals surface area contributed by atoms with Crippen molar-refractivity contribution >= 4 is 17.4 Å². The van der Waals surface area contributed by atoms with Gasteiger partial charge in [-0.15, -0.1) is 5.10 Å². The van der Waals surface area contributed by atoms with Crippen molar-refractivity contribution in [2.45, 2.75) is 48.2 Å². The Morgan fingerprint density at radius 3 is 2.95 bits per heavy atom. The zero-order valence-corrected chi connectivity index (χ0v) is 12.4. The first-order chi connectivity index (χ1) is 10.3. The van der Waals surface area contributed by atoms with E-state index in [1.165, 1.54) is 24.6 Å². The maximum atomic E-state index is 8.83. The molecule has 0 bridgehead atoms. The lowest BCUT2D eigenvalue weighted by atomic mass is 10.1. The van der Waals surface area contributed by atoms with Gasteiger partial charge in [-0.3, -0.25) is 0 Å². The first-order valence-electron chi connectivity index (χ1n) is 6.99. The van der Waals surface area contributed by atoms with Gasteiger partial charge in [-0.25, -0.2) is 4.68 Å². The van der Waals surface area contributed by atoms with E-state index < -0.39 is 0 Å². The molecule has 0 radical (unpaired) electrons. The Kier molecular flexibility index (Phi) is 4.06. The molecule has 0 amide bonds. The Bertz CT molecular complexity index is 668. The molecule has 0 aliphatic heterocycles. The smallest absolute Gasteiger partial charge is 0.214 e. The van der Waals surface area contributed by atoms with Gasteiger partial charge >= 0.3 is 0 Å². The standard InChI is InChI=1S/C14H16N6S/c15-8-7-10-9-12(5-6-13(10)16)21-14-17-18-19-20(14)11-3-1-2-4-11/h5-6,9,11H,1-4,7,16H2. The number of aromatic nitrogens is 4. The fourth-order valence-corrected chi connectivity index (χ4v) is 3.52. The number of nitriles is 1. The monoisotopic (exact) mass is 300 g/mol. The fraction of sp³-hybridized carbons (Fsp3) is 0.429. The summed E-state index contributed by atoms with van der Waals surface area (Å²) in [5.41, 5.74) is 7.37. The third-order valence-electron chi connectivity index (χ3n) is 3.73. The van der Waals surface area contributed by atoms with Crippen molar-refractivity contribution in [3.05, 3.63) is 23.8 Å². The van der Waals surface area contributed by atoms with E-state index in [2.05, 4.69) is 21.6 Å². The molecule has 1 heterocycles. The molecule has 1 saturated carbocycles. The van der Waals surface area contributed by atoms with Crippen LogP contribution in [0.5, 0.6) is 0 Å².